The fourth-order valence-electron chi connectivity index (χ4n) is 0.646. The normalized spacial score (nSPS) is 8.07. The molecule has 80 valence electrons. The molecule has 0 bridgehead atoms. The van der Waals surface area contributed by atoms with Crippen molar-refractivity contribution in [2.45, 2.75) is 0 Å². The minimum absolute atomic E-state index is 0.331. The maximum Gasteiger partial charge on any atom is 0.408 e. The first-order valence-corrected chi connectivity index (χ1v) is 4.21. The van der Waals surface area contributed by atoms with Crippen LogP contribution in [0.5, 0.6) is 0 Å². The van der Waals surface area contributed by atoms with Crippen molar-refractivity contribution < 1.29 is 19.4 Å². The predicted molar refractivity (Wildman–Crippen MR) is 55.9 cm³/mol. The van der Waals surface area contributed by atoms with E-state index < -0.39 is 11.4 Å². The number of aromatic carboxylic acids is 1. The van der Waals surface area contributed by atoms with E-state index in [2.05, 4.69) is 22.9 Å². The number of rotatable bonds is 2. The molecule has 15 heavy (non-hydrogen) atoms. The number of ether oxygens (including phenoxy) is 1. The van der Waals surface area contributed by atoms with Crippen molar-refractivity contribution >= 4 is 23.0 Å². The maximum absolute atomic E-state index is 10.2. The van der Waals surface area contributed by atoms with Crippen LogP contribution in [-0.2, 0) is 4.74 Å². The van der Waals surface area contributed by atoms with Gasteiger partial charge in [-0.2, -0.15) is 0 Å². The first kappa shape index (κ1) is 13.2. The fourth-order valence-corrected chi connectivity index (χ4v) is 0.709. The van der Waals surface area contributed by atoms with Crippen LogP contribution in [0.3, 0.4) is 0 Å². The van der Waals surface area contributed by atoms with Crippen LogP contribution in [0.4, 0.5) is 4.79 Å². The van der Waals surface area contributed by atoms with Gasteiger partial charge >= 0.3 is 11.4 Å². The average Bonchev–Trinajstić information content (AvgIpc) is 2.20. The van der Waals surface area contributed by atoms with Crippen LogP contribution in [0.15, 0.2) is 43.2 Å². The number of carbonyl (C=O) groups excluding carboxylic acids is 1. The highest BCUT2D eigenvalue weighted by Crippen LogP contribution is 1.96. The number of benzene rings is 1. The molecule has 0 saturated heterocycles. The molecule has 0 aliphatic rings. The summed E-state index contributed by atoms with van der Waals surface area (Å²) in [4.78, 5) is 19.7. The zero-order valence-corrected chi connectivity index (χ0v) is 8.48. The van der Waals surface area contributed by atoms with Gasteiger partial charge in [-0.25, -0.2) is 9.59 Å². The van der Waals surface area contributed by atoms with E-state index in [4.69, 9.17) is 5.11 Å². The molecule has 1 aromatic carbocycles. The van der Waals surface area contributed by atoms with Gasteiger partial charge < -0.3 is 9.84 Å². The molecular formula is C10H9ClO4. The van der Waals surface area contributed by atoms with Crippen LogP contribution in [-0.4, -0.2) is 16.5 Å². The van der Waals surface area contributed by atoms with Gasteiger partial charge in [-0.1, -0.05) is 24.8 Å². The third kappa shape index (κ3) is 7.28. The molecule has 0 saturated carbocycles. The summed E-state index contributed by atoms with van der Waals surface area (Å²) in [6, 6.07) is 8.30. The molecule has 0 heterocycles. The Kier molecular flexibility index (Phi) is 6.67. The molecule has 0 aromatic heterocycles. The third-order valence-corrected chi connectivity index (χ3v) is 1.29. The molecule has 1 N–H and O–H groups in total. The Morgan fingerprint density at radius 1 is 1.33 bits per heavy atom. The van der Waals surface area contributed by atoms with Gasteiger partial charge in [0.25, 0.3) is 0 Å². The van der Waals surface area contributed by atoms with E-state index in [0.717, 1.165) is 6.26 Å². The van der Waals surface area contributed by atoms with Crippen LogP contribution < -0.4 is 0 Å². The second kappa shape index (κ2) is 7.58. The van der Waals surface area contributed by atoms with Gasteiger partial charge in [-0.3, -0.25) is 0 Å². The van der Waals surface area contributed by atoms with Crippen LogP contribution in [0.2, 0.25) is 0 Å². The summed E-state index contributed by atoms with van der Waals surface area (Å²) in [5.74, 6) is -0.879. The second-order valence-corrected chi connectivity index (χ2v) is 2.50. The molecule has 0 atom stereocenters. The molecule has 5 heteroatoms. The first-order chi connectivity index (χ1) is 7.07. The molecule has 0 aliphatic carbocycles. The van der Waals surface area contributed by atoms with Crippen molar-refractivity contribution in [2.75, 3.05) is 0 Å². The highest BCUT2D eigenvalue weighted by Gasteiger charge is 1.96. The molecule has 0 amide bonds. The Morgan fingerprint density at radius 3 is 2.07 bits per heavy atom. The zero-order valence-electron chi connectivity index (χ0n) is 7.72. The van der Waals surface area contributed by atoms with Gasteiger partial charge in [-0.15, -0.1) is 0 Å². The number of hydrogen-bond acceptors (Lipinski definition) is 3. The minimum atomic E-state index is -0.879. The van der Waals surface area contributed by atoms with Crippen molar-refractivity contribution in [3.63, 3.8) is 0 Å². The lowest BCUT2D eigenvalue weighted by Crippen LogP contribution is -1.93. The second-order valence-electron chi connectivity index (χ2n) is 2.19. The summed E-state index contributed by atoms with van der Waals surface area (Å²) in [6.45, 7) is 3.07. The van der Waals surface area contributed by atoms with Gasteiger partial charge in [0.05, 0.1) is 11.8 Å². The predicted octanol–water partition coefficient (Wildman–Crippen LogP) is 2.89. The molecule has 0 aliphatic heterocycles. The third-order valence-electron chi connectivity index (χ3n) is 1.20. The molecule has 0 radical (unpaired) electrons. The summed E-state index contributed by atoms with van der Waals surface area (Å²) in [5, 5.41) is 8.38. The smallest absolute Gasteiger partial charge is 0.408 e. The Bertz CT molecular complexity index is 335. The lowest BCUT2D eigenvalue weighted by molar-refractivity contribution is 0.0697. The monoisotopic (exact) mass is 228 g/mol. The quantitative estimate of drug-likeness (QED) is 0.624. The Morgan fingerprint density at radius 2 is 1.87 bits per heavy atom. The van der Waals surface area contributed by atoms with Crippen LogP contribution in [0.1, 0.15) is 10.4 Å². The number of carboxylic acids is 1. The number of halogens is 1. The fraction of sp³-hybridized carbons (Fsp3) is 0. The molecule has 4 nitrogen and oxygen atoms in total. The molecule has 0 unspecified atom stereocenters. The highest BCUT2D eigenvalue weighted by atomic mass is 35.5. The van der Waals surface area contributed by atoms with Crippen molar-refractivity contribution in [3.8, 4) is 0 Å². The maximum atomic E-state index is 10.2. The number of carboxylic acid groups (broad SMARTS) is 1. The molecule has 0 spiro atoms. The van der Waals surface area contributed by atoms with Gasteiger partial charge in [0.15, 0.2) is 0 Å². The standard InChI is InChI=1S/C7H6O2.C3H3ClO2/c8-7(9)6-4-2-1-3-5-6;1-2-6-3(4)5/h1-5H,(H,8,9);2H,1H2. The zero-order chi connectivity index (χ0) is 11.7. The topological polar surface area (TPSA) is 63.6 Å². The summed E-state index contributed by atoms with van der Waals surface area (Å²) in [7, 11) is 0. The summed E-state index contributed by atoms with van der Waals surface area (Å²) < 4.78 is 3.93. The van der Waals surface area contributed by atoms with Crippen molar-refractivity contribution in [3.05, 3.63) is 48.7 Å². The van der Waals surface area contributed by atoms with E-state index in [1.54, 1.807) is 30.3 Å². The minimum Gasteiger partial charge on any atom is -0.478 e. The Balaban J connectivity index is 0.000000288. The Hall–Kier alpha value is -1.81. The van der Waals surface area contributed by atoms with Crippen molar-refractivity contribution in [1.29, 1.82) is 0 Å². The lowest BCUT2D eigenvalue weighted by atomic mass is 10.2. The van der Waals surface area contributed by atoms with Gasteiger partial charge in [0.2, 0.25) is 0 Å². The van der Waals surface area contributed by atoms with Crippen molar-refractivity contribution in [2.24, 2.45) is 0 Å². The van der Waals surface area contributed by atoms with E-state index in [9.17, 15) is 9.59 Å². The summed E-state index contributed by atoms with van der Waals surface area (Å²) >= 11 is 4.65. The number of carbonyl (C=O) groups is 2. The SMILES string of the molecule is C=COC(=O)Cl.O=C(O)c1ccccc1. The van der Waals surface area contributed by atoms with Crippen LogP contribution in [0.25, 0.3) is 0 Å². The van der Waals surface area contributed by atoms with Gasteiger partial charge in [-0.05, 0) is 12.1 Å². The van der Waals surface area contributed by atoms with E-state index in [0.29, 0.717) is 5.56 Å². The van der Waals surface area contributed by atoms with Gasteiger partial charge in [0.1, 0.15) is 0 Å². The van der Waals surface area contributed by atoms with E-state index in [-0.39, 0.29) is 0 Å². The van der Waals surface area contributed by atoms with E-state index >= 15 is 0 Å². The van der Waals surface area contributed by atoms with Gasteiger partial charge in [0, 0.05) is 11.6 Å². The first-order valence-electron chi connectivity index (χ1n) is 3.83. The van der Waals surface area contributed by atoms with Crippen molar-refractivity contribution in [1.82, 2.24) is 0 Å². The number of hydrogen-bond donors (Lipinski definition) is 1. The van der Waals surface area contributed by atoms with E-state index in [1.807, 2.05) is 0 Å². The molecule has 1 rings (SSSR count). The largest absolute Gasteiger partial charge is 0.478 e. The molecule has 1 aromatic rings. The lowest BCUT2D eigenvalue weighted by Gasteiger charge is -1.88. The highest BCUT2D eigenvalue weighted by molar-refractivity contribution is 6.61. The molecular weight excluding hydrogens is 220 g/mol. The average molecular weight is 229 g/mol. The summed E-state index contributed by atoms with van der Waals surface area (Å²) in [5.41, 5.74) is -0.525. The Labute approximate surface area is 91.7 Å². The van der Waals surface area contributed by atoms with E-state index in [1.165, 1.54) is 0 Å². The van der Waals surface area contributed by atoms with Crippen LogP contribution >= 0.6 is 11.6 Å². The molecule has 0 fully saturated rings. The summed E-state index contributed by atoms with van der Waals surface area (Å²) in [6.07, 6.45) is 0.968. The van der Waals surface area contributed by atoms with Crippen LogP contribution in [0, 0.1) is 0 Å².